The van der Waals surface area contributed by atoms with Gasteiger partial charge >= 0.3 is 0 Å². The minimum absolute atomic E-state index is 0.371. The van der Waals surface area contributed by atoms with Gasteiger partial charge in [0.25, 0.3) is 0 Å². The van der Waals surface area contributed by atoms with E-state index in [0.29, 0.717) is 6.79 Å². The Bertz CT molecular complexity index is 345. The largest absolute Gasteiger partial charge is 0.454 e. The third-order valence-electron chi connectivity index (χ3n) is 2.88. The van der Waals surface area contributed by atoms with E-state index >= 15 is 0 Å². The van der Waals surface area contributed by atoms with Crippen molar-refractivity contribution in [3.63, 3.8) is 0 Å². The second-order valence-electron chi connectivity index (χ2n) is 3.93. The SMILES string of the molecule is CCCCc1cc2c(cc1CC)OCO2. The third kappa shape index (κ3) is 2.09. The molecule has 0 amide bonds. The van der Waals surface area contributed by atoms with Gasteiger partial charge in [-0.3, -0.25) is 0 Å². The number of hydrogen-bond donors (Lipinski definition) is 0. The van der Waals surface area contributed by atoms with Crippen molar-refractivity contribution in [2.24, 2.45) is 0 Å². The number of unbranched alkanes of at least 4 members (excludes halogenated alkanes) is 1. The topological polar surface area (TPSA) is 18.5 Å². The monoisotopic (exact) mass is 206 g/mol. The van der Waals surface area contributed by atoms with E-state index in [9.17, 15) is 0 Å². The Hall–Kier alpha value is -1.18. The van der Waals surface area contributed by atoms with Crippen molar-refractivity contribution >= 4 is 0 Å². The van der Waals surface area contributed by atoms with Crippen LogP contribution in [0.15, 0.2) is 12.1 Å². The minimum Gasteiger partial charge on any atom is -0.454 e. The molecule has 0 radical (unpaired) electrons. The lowest BCUT2D eigenvalue weighted by atomic mass is 9.99. The number of fused-ring (bicyclic) bond motifs is 1. The summed E-state index contributed by atoms with van der Waals surface area (Å²) in [5.74, 6) is 1.82. The summed E-state index contributed by atoms with van der Waals surface area (Å²) in [5, 5.41) is 0. The van der Waals surface area contributed by atoms with Gasteiger partial charge in [0.2, 0.25) is 6.79 Å². The van der Waals surface area contributed by atoms with Gasteiger partial charge in [-0.25, -0.2) is 0 Å². The van der Waals surface area contributed by atoms with E-state index in [-0.39, 0.29) is 0 Å². The number of ether oxygens (including phenoxy) is 2. The lowest BCUT2D eigenvalue weighted by Crippen LogP contribution is -1.93. The summed E-state index contributed by atoms with van der Waals surface area (Å²) in [6, 6.07) is 4.28. The molecule has 2 rings (SSSR count). The summed E-state index contributed by atoms with van der Waals surface area (Å²) in [5.41, 5.74) is 2.82. The van der Waals surface area contributed by atoms with Crippen molar-refractivity contribution in [3.05, 3.63) is 23.3 Å². The number of aryl methyl sites for hydroxylation is 2. The van der Waals surface area contributed by atoms with Crippen molar-refractivity contribution in [3.8, 4) is 11.5 Å². The highest BCUT2D eigenvalue weighted by Gasteiger charge is 2.15. The van der Waals surface area contributed by atoms with E-state index in [0.717, 1.165) is 24.3 Å². The number of hydrogen-bond acceptors (Lipinski definition) is 2. The van der Waals surface area contributed by atoms with Crippen molar-refractivity contribution in [1.82, 2.24) is 0 Å². The van der Waals surface area contributed by atoms with Crippen molar-refractivity contribution in [2.75, 3.05) is 6.79 Å². The van der Waals surface area contributed by atoms with Gasteiger partial charge in [0.1, 0.15) is 0 Å². The highest BCUT2D eigenvalue weighted by Crippen LogP contribution is 2.35. The van der Waals surface area contributed by atoms with Gasteiger partial charge in [-0.05, 0) is 42.5 Å². The molecule has 1 aliphatic heterocycles. The van der Waals surface area contributed by atoms with Gasteiger partial charge in [0, 0.05) is 0 Å². The highest BCUT2D eigenvalue weighted by molar-refractivity contribution is 5.48. The molecule has 0 aliphatic carbocycles. The Morgan fingerprint density at radius 3 is 2.33 bits per heavy atom. The van der Waals surface area contributed by atoms with E-state index in [2.05, 4.69) is 26.0 Å². The molecule has 0 atom stereocenters. The van der Waals surface area contributed by atoms with Crippen LogP contribution in [0, 0.1) is 0 Å². The number of rotatable bonds is 4. The van der Waals surface area contributed by atoms with Crippen LogP contribution in [-0.2, 0) is 12.8 Å². The smallest absolute Gasteiger partial charge is 0.231 e. The molecule has 1 aliphatic rings. The Labute approximate surface area is 91.2 Å². The summed E-state index contributed by atoms with van der Waals surface area (Å²) in [6.07, 6.45) is 4.69. The van der Waals surface area contributed by atoms with Gasteiger partial charge < -0.3 is 9.47 Å². The maximum atomic E-state index is 5.40. The molecular weight excluding hydrogens is 188 g/mol. The fourth-order valence-electron chi connectivity index (χ4n) is 1.96. The normalized spacial score (nSPS) is 13.2. The van der Waals surface area contributed by atoms with E-state index in [1.54, 1.807) is 0 Å². The van der Waals surface area contributed by atoms with E-state index in [1.807, 2.05) is 0 Å². The molecule has 0 saturated carbocycles. The first-order valence-corrected chi connectivity index (χ1v) is 5.76. The molecular formula is C13H18O2. The lowest BCUT2D eigenvalue weighted by molar-refractivity contribution is 0.174. The predicted molar refractivity (Wildman–Crippen MR) is 60.6 cm³/mol. The molecule has 2 nitrogen and oxygen atoms in total. The average molecular weight is 206 g/mol. The molecule has 0 saturated heterocycles. The van der Waals surface area contributed by atoms with Crippen LogP contribution in [0.3, 0.4) is 0 Å². The van der Waals surface area contributed by atoms with Gasteiger partial charge in [-0.1, -0.05) is 20.3 Å². The zero-order valence-corrected chi connectivity index (χ0v) is 9.51. The zero-order valence-electron chi connectivity index (χ0n) is 9.51. The van der Waals surface area contributed by atoms with Gasteiger partial charge in [0.15, 0.2) is 11.5 Å². The van der Waals surface area contributed by atoms with Crippen LogP contribution in [0.5, 0.6) is 11.5 Å². The molecule has 1 heterocycles. The Kier molecular flexibility index (Phi) is 3.14. The lowest BCUT2D eigenvalue weighted by Gasteiger charge is -2.08. The summed E-state index contributed by atoms with van der Waals surface area (Å²) >= 11 is 0. The van der Waals surface area contributed by atoms with Crippen molar-refractivity contribution < 1.29 is 9.47 Å². The molecule has 15 heavy (non-hydrogen) atoms. The maximum absolute atomic E-state index is 5.40. The third-order valence-corrected chi connectivity index (χ3v) is 2.88. The molecule has 0 N–H and O–H groups in total. The first kappa shape index (κ1) is 10.3. The van der Waals surface area contributed by atoms with Crippen LogP contribution in [0.2, 0.25) is 0 Å². The predicted octanol–water partition coefficient (Wildman–Crippen LogP) is 3.32. The van der Waals surface area contributed by atoms with Crippen molar-refractivity contribution in [2.45, 2.75) is 39.5 Å². The Balaban J connectivity index is 2.27. The van der Waals surface area contributed by atoms with Crippen LogP contribution >= 0.6 is 0 Å². The first-order valence-electron chi connectivity index (χ1n) is 5.76. The summed E-state index contributed by atoms with van der Waals surface area (Å²) < 4.78 is 10.8. The van der Waals surface area contributed by atoms with Crippen LogP contribution in [-0.4, -0.2) is 6.79 Å². The Morgan fingerprint density at radius 1 is 1.07 bits per heavy atom. The summed E-state index contributed by atoms with van der Waals surface area (Å²) in [4.78, 5) is 0. The standard InChI is InChI=1S/C13H18O2/c1-3-5-6-11-8-13-12(14-9-15-13)7-10(11)4-2/h7-8H,3-6,9H2,1-2H3. The molecule has 82 valence electrons. The van der Waals surface area contributed by atoms with Crippen molar-refractivity contribution in [1.29, 1.82) is 0 Å². The highest BCUT2D eigenvalue weighted by atomic mass is 16.7. The van der Waals surface area contributed by atoms with Gasteiger partial charge in [-0.15, -0.1) is 0 Å². The fourth-order valence-corrected chi connectivity index (χ4v) is 1.96. The van der Waals surface area contributed by atoms with Crippen LogP contribution in [0.25, 0.3) is 0 Å². The molecule has 2 heteroatoms. The fraction of sp³-hybridized carbons (Fsp3) is 0.538. The molecule has 0 aromatic heterocycles. The minimum atomic E-state index is 0.371. The molecule has 0 fully saturated rings. The van der Waals surface area contributed by atoms with E-state index < -0.39 is 0 Å². The first-order chi connectivity index (χ1) is 7.35. The van der Waals surface area contributed by atoms with Gasteiger partial charge in [0.05, 0.1) is 0 Å². The second-order valence-corrected chi connectivity index (χ2v) is 3.93. The summed E-state index contributed by atoms with van der Waals surface area (Å²) in [7, 11) is 0. The van der Waals surface area contributed by atoms with Crippen LogP contribution < -0.4 is 9.47 Å². The summed E-state index contributed by atoms with van der Waals surface area (Å²) in [6.45, 7) is 4.78. The number of benzene rings is 1. The molecule has 1 aromatic rings. The molecule has 0 unspecified atom stereocenters. The maximum Gasteiger partial charge on any atom is 0.231 e. The average Bonchev–Trinajstić information content (AvgIpc) is 2.71. The van der Waals surface area contributed by atoms with Crippen LogP contribution in [0.1, 0.15) is 37.8 Å². The second kappa shape index (κ2) is 4.56. The molecule has 0 spiro atoms. The molecule has 0 bridgehead atoms. The van der Waals surface area contributed by atoms with E-state index in [4.69, 9.17) is 9.47 Å². The van der Waals surface area contributed by atoms with Gasteiger partial charge in [-0.2, -0.15) is 0 Å². The van der Waals surface area contributed by atoms with Crippen LogP contribution in [0.4, 0.5) is 0 Å². The van der Waals surface area contributed by atoms with E-state index in [1.165, 1.54) is 24.0 Å². The quantitative estimate of drug-likeness (QED) is 0.752. The molecule has 1 aromatic carbocycles. The Morgan fingerprint density at radius 2 is 1.73 bits per heavy atom. The zero-order chi connectivity index (χ0) is 10.7.